The number of nitrogens with zero attached hydrogens (tertiary/aromatic N) is 1. The van der Waals surface area contributed by atoms with Crippen LogP contribution >= 0.6 is 0 Å². The van der Waals surface area contributed by atoms with E-state index in [1.54, 1.807) is 7.11 Å². The minimum absolute atomic E-state index is 0.240. The highest BCUT2D eigenvalue weighted by Crippen LogP contribution is 2.22. The molecule has 0 aromatic heterocycles. The third-order valence-corrected chi connectivity index (χ3v) is 4.65. The molecule has 1 fully saturated rings. The smallest absolute Gasteiger partial charge is 0.319 e. The lowest BCUT2D eigenvalue weighted by Gasteiger charge is -2.26. The molecule has 2 aromatic rings. The van der Waals surface area contributed by atoms with E-state index in [1.165, 1.54) is 37.9 Å². The first-order valence-electron chi connectivity index (χ1n) is 9.22. The standard InChI is InChI=1S/C21H27N3O2/c1-26-20-11-4-3-10-19(20)23-21(25)22-15-17-8-7-9-18(14-17)16-24-12-5-2-6-13-24/h3-4,7-11,14H,2,5-6,12-13,15-16H2,1H3,(H2,22,23,25). The summed E-state index contributed by atoms with van der Waals surface area (Å²) in [5.41, 5.74) is 3.07. The fraction of sp³-hybridized carbons (Fsp3) is 0.381. The van der Waals surface area contributed by atoms with Gasteiger partial charge in [0.05, 0.1) is 12.8 Å². The number of amides is 2. The summed E-state index contributed by atoms with van der Waals surface area (Å²) in [6.45, 7) is 3.85. The summed E-state index contributed by atoms with van der Waals surface area (Å²) in [5, 5.41) is 5.74. The van der Waals surface area contributed by atoms with Gasteiger partial charge in [0.1, 0.15) is 5.75 Å². The number of likely N-dealkylation sites (tertiary alicyclic amines) is 1. The number of rotatable bonds is 6. The zero-order valence-electron chi connectivity index (χ0n) is 15.3. The zero-order valence-corrected chi connectivity index (χ0v) is 15.3. The largest absolute Gasteiger partial charge is 0.495 e. The number of carbonyl (C=O) groups excluding carboxylic acids is 1. The molecule has 5 nitrogen and oxygen atoms in total. The molecule has 1 aliphatic rings. The van der Waals surface area contributed by atoms with Crippen molar-refractivity contribution in [1.29, 1.82) is 0 Å². The predicted octanol–water partition coefficient (Wildman–Crippen LogP) is 4.00. The summed E-state index contributed by atoms with van der Waals surface area (Å²) in [4.78, 5) is 14.7. The second-order valence-corrected chi connectivity index (χ2v) is 6.66. The normalized spacial score (nSPS) is 14.7. The third-order valence-electron chi connectivity index (χ3n) is 4.65. The van der Waals surface area contributed by atoms with Gasteiger partial charge in [0.2, 0.25) is 0 Å². The number of anilines is 1. The Bertz CT molecular complexity index is 727. The number of para-hydroxylation sites is 2. The third kappa shape index (κ3) is 5.23. The second kappa shape index (κ2) is 9.25. The van der Waals surface area contributed by atoms with Gasteiger partial charge in [-0.1, -0.05) is 42.8 Å². The molecule has 2 amide bonds. The summed E-state index contributed by atoms with van der Waals surface area (Å²) in [6.07, 6.45) is 3.94. The first kappa shape index (κ1) is 18.3. The molecule has 1 heterocycles. The lowest BCUT2D eigenvalue weighted by molar-refractivity contribution is 0.221. The van der Waals surface area contributed by atoms with Crippen molar-refractivity contribution in [2.24, 2.45) is 0 Å². The predicted molar refractivity (Wildman–Crippen MR) is 104 cm³/mol. The maximum atomic E-state index is 12.2. The Balaban J connectivity index is 1.52. The van der Waals surface area contributed by atoms with E-state index < -0.39 is 0 Å². The van der Waals surface area contributed by atoms with Crippen LogP contribution < -0.4 is 15.4 Å². The van der Waals surface area contributed by atoms with Crippen LogP contribution in [0.5, 0.6) is 5.75 Å². The Kier molecular flexibility index (Phi) is 6.50. The fourth-order valence-corrected chi connectivity index (χ4v) is 3.31. The molecule has 1 aliphatic heterocycles. The monoisotopic (exact) mass is 353 g/mol. The van der Waals surface area contributed by atoms with Crippen LogP contribution in [-0.4, -0.2) is 31.1 Å². The van der Waals surface area contributed by atoms with Gasteiger partial charge in [0, 0.05) is 13.1 Å². The highest BCUT2D eigenvalue weighted by atomic mass is 16.5. The van der Waals surface area contributed by atoms with Gasteiger partial charge < -0.3 is 15.4 Å². The summed E-state index contributed by atoms with van der Waals surface area (Å²) in [5.74, 6) is 0.645. The van der Waals surface area contributed by atoms with Crippen molar-refractivity contribution >= 4 is 11.7 Å². The molecule has 0 aliphatic carbocycles. The Morgan fingerprint density at radius 2 is 1.81 bits per heavy atom. The van der Waals surface area contributed by atoms with Crippen LogP contribution in [0.1, 0.15) is 30.4 Å². The van der Waals surface area contributed by atoms with E-state index in [2.05, 4.69) is 33.7 Å². The van der Waals surface area contributed by atoms with E-state index in [0.29, 0.717) is 18.0 Å². The number of piperidine rings is 1. The Hall–Kier alpha value is -2.53. The Labute approximate surface area is 155 Å². The molecule has 1 saturated heterocycles. The van der Waals surface area contributed by atoms with Crippen molar-refractivity contribution in [2.45, 2.75) is 32.4 Å². The lowest BCUT2D eigenvalue weighted by Crippen LogP contribution is -2.29. The molecule has 0 atom stereocenters. The van der Waals surface area contributed by atoms with Crippen molar-refractivity contribution in [2.75, 3.05) is 25.5 Å². The van der Waals surface area contributed by atoms with Crippen molar-refractivity contribution in [3.8, 4) is 5.75 Å². The molecule has 3 rings (SSSR count). The van der Waals surface area contributed by atoms with E-state index in [1.807, 2.05) is 30.3 Å². The van der Waals surface area contributed by atoms with Crippen molar-refractivity contribution in [3.05, 3.63) is 59.7 Å². The first-order chi connectivity index (χ1) is 12.7. The van der Waals surface area contributed by atoms with Crippen molar-refractivity contribution in [3.63, 3.8) is 0 Å². The zero-order chi connectivity index (χ0) is 18.2. The molecule has 0 saturated carbocycles. The molecule has 0 radical (unpaired) electrons. The topological polar surface area (TPSA) is 53.6 Å². The van der Waals surface area contributed by atoms with Crippen LogP contribution in [0.3, 0.4) is 0 Å². The average Bonchev–Trinajstić information content (AvgIpc) is 2.68. The number of urea groups is 1. The molecule has 0 spiro atoms. The van der Waals surface area contributed by atoms with Gasteiger partial charge in [0.25, 0.3) is 0 Å². The number of ether oxygens (including phenoxy) is 1. The van der Waals surface area contributed by atoms with Crippen LogP contribution in [0, 0.1) is 0 Å². The highest BCUT2D eigenvalue weighted by Gasteiger charge is 2.11. The fourth-order valence-electron chi connectivity index (χ4n) is 3.31. The number of nitrogens with one attached hydrogen (secondary N) is 2. The van der Waals surface area contributed by atoms with Crippen LogP contribution in [0.4, 0.5) is 10.5 Å². The Morgan fingerprint density at radius 3 is 2.62 bits per heavy atom. The van der Waals surface area contributed by atoms with Gasteiger partial charge in [-0.25, -0.2) is 4.79 Å². The lowest BCUT2D eigenvalue weighted by atomic mass is 10.1. The van der Waals surface area contributed by atoms with Crippen molar-refractivity contribution in [1.82, 2.24) is 10.2 Å². The van der Waals surface area contributed by atoms with Gasteiger partial charge in [-0.3, -0.25) is 4.90 Å². The molecule has 0 bridgehead atoms. The van der Waals surface area contributed by atoms with Crippen molar-refractivity contribution < 1.29 is 9.53 Å². The van der Waals surface area contributed by atoms with E-state index >= 15 is 0 Å². The molecule has 138 valence electrons. The quantitative estimate of drug-likeness (QED) is 0.825. The van der Waals surface area contributed by atoms with Gasteiger partial charge in [-0.2, -0.15) is 0 Å². The average molecular weight is 353 g/mol. The van der Waals surface area contributed by atoms with Gasteiger partial charge in [-0.05, 0) is 49.2 Å². The maximum absolute atomic E-state index is 12.2. The van der Waals surface area contributed by atoms with Gasteiger partial charge in [0.15, 0.2) is 0 Å². The van der Waals surface area contributed by atoms with E-state index in [-0.39, 0.29) is 6.03 Å². The molecular weight excluding hydrogens is 326 g/mol. The number of carbonyl (C=O) groups is 1. The van der Waals surface area contributed by atoms with Crippen LogP contribution in [0.2, 0.25) is 0 Å². The SMILES string of the molecule is COc1ccccc1NC(=O)NCc1cccc(CN2CCCCC2)c1. The van der Waals surface area contributed by atoms with Gasteiger partial charge in [-0.15, -0.1) is 0 Å². The minimum atomic E-state index is -0.240. The molecule has 5 heteroatoms. The first-order valence-corrected chi connectivity index (χ1v) is 9.22. The minimum Gasteiger partial charge on any atom is -0.495 e. The molecule has 0 unspecified atom stereocenters. The van der Waals surface area contributed by atoms with Crippen LogP contribution in [-0.2, 0) is 13.1 Å². The molecule has 2 N–H and O–H groups in total. The highest BCUT2D eigenvalue weighted by molar-refractivity contribution is 5.90. The van der Waals surface area contributed by atoms with E-state index in [9.17, 15) is 4.79 Å². The molecule has 26 heavy (non-hydrogen) atoms. The second-order valence-electron chi connectivity index (χ2n) is 6.66. The summed E-state index contributed by atoms with van der Waals surface area (Å²) < 4.78 is 5.25. The number of hydrogen-bond donors (Lipinski definition) is 2. The summed E-state index contributed by atoms with van der Waals surface area (Å²) in [7, 11) is 1.59. The van der Waals surface area contributed by atoms with Crippen LogP contribution in [0.15, 0.2) is 48.5 Å². The Morgan fingerprint density at radius 1 is 1.04 bits per heavy atom. The molecular formula is C21H27N3O2. The number of benzene rings is 2. The van der Waals surface area contributed by atoms with Crippen LogP contribution in [0.25, 0.3) is 0 Å². The number of methoxy groups -OCH3 is 1. The maximum Gasteiger partial charge on any atom is 0.319 e. The molecule has 2 aromatic carbocycles. The van der Waals surface area contributed by atoms with E-state index in [4.69, 9.17) is 4.74 Å². The van der Waals surface area contributed by atoms with Gasteiger partial charge >= 0.3 is 6.03 Å². The summed E-state index contributed by atoms with van der Waals surface area (Å²) in [6, 6.07) is 15.6. The van der Waals surface area contributed by atoms with E-state index in [0.717, 1.165) is 12.1 Å². The number of hydrogen-bond acceptors (Lipinski definition) is 3. The summed E-state index contributed by atoms with van der Waals surface area (Å²) >= 11 is 0.